The molecule has 2 aromatic carbocycles. The van der Waals surface area contributed by atoms with E-state index in [4.69, 9.17) is 4.74 Å². The molecule has 0 aliphatic carbocycles. The Morgan fingerprint density at radius 1 is 1.13 bits per heavy atom. The molecule has 1 heterocycles. The predicted molar refractivity (Wildman–Crippen MR) is 113 cm³/mol. The second-order valence-corrected chi connectivity index (χ2v) is 7.58. The van der Waals surface area contributed by atoms with Crippen molar-refractivity contribution >= 4 is 29.4 Å². The maximum atomic E-state index is 12.7. The number of esters is 1. The van der Waals surface area contributed by atoms with Crippen molar-refractivity contribution in [3.05, 3.63) is 59.7 Å². The van der Waals surface area contributed by atoms with Gasteiger partial charge in [0.25, 0.3) is 0 Å². The third-order valence-corrected chi connectivity index (χ3v) is 5.08. The van der Waals surface area contributed by atoms with Crippen LogP contribution in [-0.2, 0) is 25.6 Å². The van der Waals surface area contributed by atoms with E-state index in [2.05, 4.69) is 5.32 Å². The van der Waals surface area contributed by atoms with Crippen molar-refractivity contribution in [2.24, 2.45) is 5.92 Å². The van der Waals surface area contributed by atoms with E-state index in [1.54, 1.807) is 29.2 Å². The summed E-state index contributed by atoms with van der Waals surface area (Å²) in [6.07, 6.45) is 0.0902. The summed E-state index contributed by atoms with van der Waals surface area (Å²) in [5, 5.41) is 12.1. The summed E-state index contributed by atoms with van der Waals surface area (Å²) >= 11 is 0. The first-order valence-corrected chi connectivity index (χ1v) is 9.90. The maximum absolute atomic E-state index is 12.7. The number of rotatable bonds is 7. The van der Waals surface area contributed by atoms with Gasteiger partial charge in [-0.3, -0.25) is 14.4 Å². The van der Waals surface area contributed by atoms with Crippen LogP contribution in [0.25, 0.3) is 0 Å². The average Bonchev–Trinajstić information content (AvgIpc) is 3.10. The zero-order valence-corrected chi connectivity index (χ0v) is 17.3. The molecule has 0 radical (unpaired) electrons. The Labute approximate surface area is 179 Å². The van der Waals surface area contributed by atoms with E-state index in [1.807, 2.05) is 31.2 Å². The Balaban J connectivity index is 1.63. The van der Waals surface area contributed by atoms with Gasteiger partial charge in [-0.1, -0.05) is 29.8 Å². The first-order chi connectivity index (χ1) is 14.7. The molecule has 0 aromatic heterocycles. The van der Waals surface area contributed by atoms with Gasteiger partial charge in [0.05, 0.1) is 5.92 Å². The second kappa shape index (κ2) is 9.42. The van der Waals surface area contributed by atoms with Crippen LogP contribution in [0, 0.1) is 12.8 Å². The second-order valence-electron chi connectivity index (χ2n) is 7.58. The summed E-state index contributed by atoms with van der Waals surface area (Å²) in [4.78, 5) is 49.3. The fourth-order valence-corrected chi connectivity index (χ4v) is 3.44. The molecule has 31 heavy (non-hydrogen) atoms. The molecule has 1 aliphatic heterocycles. The van der Waals surface area contributed by atoms with E-state index in [0.717, 1.165) is 5.56 Å². The molecule has 2 N–H and O–H groups in total. The van der Waals surface area contributed by atoms with Crippen LogP contribution < -0.4 is 15.0 Å². The molecule has 3 rings (SSSR count). The third kappa shape index (κ3) is 5.69. The Kier molecular flexibility index (Phi) is 6.69. The van der Waals surface area contributed by atoms with Gasteiger partial charge in [-0.25, -0.2) is 4.79 Å². The molecule has 2 amide bonds. The van der Waals surface area contributed by atoms with Crippen LogP contribution in [0.15, 0.2) is 48.5 Å². The minimum atomic E-state index is -1.17. The van der Waals surface area contributed by atoms with Crippen molar-refractivity contribution < 1.29 is 29.0 Å². The van der Waals surface area contributed by atoms with Gasteiger partial charge in [0, 0.05) is 32.0 Å². The summed E-state index contributed by atoms with van der Waals surface area (Å²) < 4.78 is 4.96. The Morgan fingerprint density at radius 2 is 1.77 bits per heavy atom. The summed E-state index contributed by atoms with van der Waals surface area (Å²) in [5.74, 6) is -2.52. The number of carboxylic acid groups (broad SMARTS) is 1. The highest BCUT2D eigenvalue weighted by atomic mass is 16.5. The number of carbonyl (C=O) groups is 4. The molecule has 0 bridgehead atoms. The molecule has 2 unspecified atom stereocenters. The van der Waals surface area contributed by atoms with Gasteiger partial charge in [-0.05, 0) is 36.8 Å². The van der Waals surface area contributed by atoms with Gasteiger partial charge in [-0.2, -0.15) is 0 Å². The van der Waals surface area contributed by atoms with Crippen LogP contribution in [0.3, 0.4) is 0 Å². The highest BCUT2D eigenvalue weighted by Crippen LogP contribution is 2.25. The number of nitrogens with one attached hydrogen (secondary N) is 1. The lowest BCUT2D eigenvalue weighted by atomic mass is 10.0. The molecular weight excluding hydrogens is 400 g/mol. The van der Waals surface area contributed by atoms with E-state index >= 15 is 0 Å². The maximum Gasteiger partial charge on any atom is 0.326 e. The number of ether oxygens (including phenoxy) is 1. The SMILES string of the molecule is CC(=O)Oc1ccc(CC(NC(=O)C2CC(=O)N(c3ccc(C)cc3)C2)C(=O)O)cc1. The Hall–Kier alpha value is -3.68. The van der Waals surface area contributed by atoms with Crippen molar-refractivity contribution in [1.29, 1.82) is 0 Å². The van der Waals surface area contributed by atoms with Crippen LogP contribution >= 0.6 is 0 Å². The van der Waals surface area contributed by atoms with Crippen molar-refractivity contribution in [1.82, 2.24) is 5.32 Å². The highest BCUT2D eigenvalue weighted by Gasteiger charge is 2.36. The molecule has 1 saturated heterocycles. The van der Waals surface area contributed by atoms with Crippen LogP contribution in [0.4, 0.5) is 5.69 Å². The van der Waals surface area contributed by atoms with Gasteiger partial charge in [0.1, 0.15) is 11.8 Å². The van der Waals surface area contributed by atoms with Crippen LogP contribution in [0.2, 0.25) is 0 Å². The number of aliphatic carboxylic acids is 1. The van der Waals surface area contributed by atoms with Crippen molar-refractivity contribution in [2.45, 2.75) is 32.7 Å². The van der Waals surface area contributed by atoms with E-state index in [0.29, 0.717) is 17.0 Å². The molecule has 8 heteroatoms. The molecule has 1 fully saturated rings. The summed E-state index contributed by atoms with van der Waals surface area (Å²) in [5.41, 5.74) is 2.44. The fraction of sp³-hybridized carbons (Fsp3) is 0.304. The van der Waals surface area contributed by atoms with Gasteiger partial charge >= 0.3 is 11.9 Å². The Bertz CT molecular complexity index is 984. The summed E-state index contributed by atoms with van der Waals surface area (Å²) in [7, 11) is 0. The van der Waals surface area contributed by atoms with Gasteiger partial charge in [0.2, 0.25) is 11.8 Å². The number of hydrogen-bond donors (Lipinski definition) is 2. The zero-order valence-electron chi connectivity index (χ0n) is 17.3. The van der Waals surface area contributed by atoms with Crippen LogP contribution in [0.5, 0.6) is 5.75 Å². The molecule has 0 saturated carbocycles. The summed E-state index contributed by atoms with van der Waals surface area (Å²) in [6.45, 7) is 3.44. The van der Waals surface area contributed by atoms with Crippen molar-refractivity contribution in [3.8, 4) is 5.75 Å². The molecule has 8 nitrogen and oxygen atoms in total. The third-order valence-electron chi connectivity index (χ3n) is 5.08. The minimum Gasteiger partial charge on any atom is -0.480 e. The van der Waals surface area contributed by atoms with E-state index < -0.39 is 29.8 Å². The molecular formula is C23H24N2O6. The standard InChI is InChI=1S/C23H24N2O6/c1-14-3-7-18(8-4-14)25-13-17(12-21(25)27)22(28)24-20(23(29)30)11-16-5-9-19(10-6-16)31-15(2)26/h3-10,17,20H,11-13H2,1-2H3,(H,24,28)(H,29,30). The smallest absolute Gasteiger partial charge is 0.326 e. The van der Waals surface area contributed by atoms with E-state index in [-0.39, 0.29) is 25.3 Å². The quantitative estimate of drug-likeness (QED) is 0.520. The van der Waals surface area contributed by atoms with E-state index in [9.17, 15) is 24.3 Å². The van der Waals surface area contributed by atoms with Crippen LogP contribution in [0.1, 0.15) is 24.5 Å². The normalized spacial score (nSPS) is 16.6. The predicted octanol–water partition coefficient (Wildman–Crippen LogP) is 2.09. The highest BCUT2D eigenvalue weighted by molar-refractivity contribution is 6.00. The van der Waals surface area contributed by atoms with Crippen molar-refractivity contribution in [3.63, 3.8) is 0 Å². The summed E-state index contributed by atoms with van der Waals surface area (Å²) in [6, 6.07) is 12.7. The van der Waals surface area contributed by atoms with Gasteiger partial charge < -0.3 is 20.1 Å². The first kappa shape index (κ1) is 22.0. The number of hydrogen-bond acceptors (Lipinski definition) is 5. The molecule has 1 aliphatic rings. The Morgan fingerprint density at radius 3 is 2.35 bits per heavy atom. The molecule has 2 atom stereocenters. The lowest BCUT2D eigenvalue weighted by Gasteiger charge is -2.19. The number of aryl methyl sites for hydroxylation is 1. The fourth-order valence-electron chi connectivity index (χ4n) is 3.44. The van der Waals surface area contributed by atoms with Gasteiger partial charge in [-0.15, -0.1) is 0 Å². The van der Waals surface area contributed by atoms with Crippen LogP contribution in [-0.4, -0.2) is 41.4 Å². The first-order valence-electron chi connectivity index (χ1n) is 9.90. The number of anilines is 1. The average molecular weight is 424 g/mol. The molecule has 162 valence electrons. The van der Waals surface area contributed by atoms with Crippen molar-refractivity contribution in [2.75, 3.05) is 11.4 Å². The molecule has 2 aromatic rings. The number of amides is 2. The number of carbonyl (C=O) groups excluding carboxylic acids is 3. The lowest BCUT2D eigenvalue weighted by molar-refractivity contribution is -0.142. The monoisotopic (exact) mass is 424 g/mol. The minimum absolute atomic E-state index is 0.0309. The topological polar surface area (TPSA) is 113 Å². The molecule has 0 spiro atoms. The zero-order chi connectivity index (χ0) is 22.5. The van der Waals surface area contributed by atoms with Gasteiger partial charge in [0.15, 0.2) is 0 Å². The largest absolute Gasteiger partial charge is 0.480 e. The number of benzene rings is 2. The lowest BCUT2D eigenvalue weighted by Crippen LogP contribution is -2.45. The van der Waals surface area contributed by atoms with E-state index in [1.165, 1.54) is 6.92 Å². The number of nitrogens with zero attached hydrogens (tertiary/aromatic N) is 1. The number of carboxylic acids is 1.